The molecular weight excluding hydrogens is 440 g/mol. The highest BCUT2D eigenvalue weighted by atomic mass is 32.1. The van der Waals surface area contributed by atoms with Gasteiger partial charge in [-0.3, -0.25) is 4.90 Å². The van der Waals surface area contributed by atoms with Crippen LogP contribution in [-0.2, 0) is 0 Å². The number of fused-ring (bicyclic) bond motifs is 1. The highest BCUT2D eigenvalue weighted by Crippen LogP contribution is 2.38. The molecule has 0 aromatic carbocycles. The van der Waals surface area contributed by atoms with Crippen LogP contribution in [0.25, 0.3) is 22.3 Å². The molecule has 2 saturated heterocycles. The van der Waals surface area contributed by atoms with Crippen LogP contribution < -0.4 is 0 Å². The number of aromatic amines is 1. The molecule has 1 saturated carbocycles. The number of nitrogens with one attached hydrogen (secondary N) is 1. The van der Waals surface area contributed by atoms with Gasteiger partial charge >= 0.3 is 0 Å². The molecule has 0 atom stereocenters. The van der Waals surface area contributed by atoms with Crippen LogP contribution in [0.2, 0.25) is 0 Å². The van der Waals surface area contributed by atoms with Crippen molar-refractivity contribution in [3.05, 3.63) is 34.4 Å². The third kappa shape index (κ3) is 4.55. The average Bonchev–Trinajstić information content (AvgIpc) is 3.52. The van der Waals surface area contributed by atoms with E-state index in [2.05, 4.69) is 57.6 Å². The van der Waals surface area contributed by atoms with Gasteiger partial charge in [0.1, 0.15) is 5.65 Å². The van der Waals surface area contributed by atoms with Crippen LogP contribution >= 0.6 is 11.3 Å². The molecule has 0 spiro atoms. The van der Waals surface area contributed by atoms with Gasteiger partial charge in [0.25, 0.3) is 0 Å². The van der Waals surface area contributed by atoms with Crippen LogP contribution in [0.1, 0.15) is 60.9 Å². The van der Waals surface area contributed by atoms with Crippen molar-refractivity contribution in [2.45, 2.75) is 56.4 Å². The van der Waals surface area contributed by atoms with Crippen molar-refractivity contribution < 1.29 is 0 Å². The molecule has 3 fully saturated rings. The van der Waals surface area contributed by atoms with Crippen LogP contribution in [0, 0.1) is 0 Å². The van der Waals surface area contributed by atoms with Gasteiger partial charge in [0, 0.05) is 66.9 Å². The number of pyridine rings is 1. The SMILES string of the molecule is CN1CCC(c2nc(-c3c[nH]c4ncc(C5CCC(N6CCN(C)CC6)CC5)cc34)cs2)CC1. The number of likely N-dealkylation sites (N-methyl/N-ethyl adjacent to an activating group) is 1. The Morgan fingerprint density at radius 3 is 2.38 bits per heavy atom. The van der Waals surface area contributed by atoms with E-state index < -0.39 is 0 Å². The first-order valence-corrected chi connectivity index (χ1v) is 14.1. The Labute approximate surface area is 207 Å². The Morgan fingerprint density at radius 1 is 0.882 bits per heavy atom. The highest BCUT2D eigenvalue weighted by Gasteiger charge is 2.29. The van der Waals surface area contributed by atoms with E-state index in [1.807, 2.05) is 11.3 Å². The van der Waals surface area contributed by atoms with Crippen LogP contribution in [0.5, 0.6) is 0 Å². The largest absolute Gasteiger partial charge is 0.345 e. The maximum absolute atomic E-state index is 5.10. The Bertz CT molecular complexity index is 1100. The minimum atomic E-state index is 0.615. The van der Waals surface area contributed by atoms with Crippen molar-refractivity contribution in [1.29, 1.82) is 0 Å². The predicted octanol–water partition coefficient (Wildman–Crippen LogP) is 4.77. The Morgan fingerprint density at radius 2 is 1.62 bits per heavy atom. The summed E-state index contributed by atoms with van der Waals surface area (Å²) in [5.41, 5.74) is 4.73. The van der Waals surface area contributed by atoms with Gasteiger partial charge in [-0.2, -0.15) is 0 Å². The van der Waals surface area contributed by atoms with Crippen molar-refractivity contribution in [3.63, 3.8) is 0 Å². The first kappa shape index (κ1) is 22.7. The molecule has 1 aliphatic carbocycles. The molecule has 5 heterocycles. The van der Waals surface area contributed by atoms with E-state index in [1.165, 1.54) is 99.3 Å². The molecule has 3 aliphatic rings. The fourth-order valence-corrected chi connectivity index (χ4v) is 7.26. The zero-order valence-electron chi connectivity index (χ0n) is 20.7. The zero-order valence-corrected chi connectivity index (χ0v) is 21.5. The summed E-state index contributed by atoms with van der Waals surface area (Å²) < 4.78 is 0. The van der Waals surface area contributed by atoms with Crippen molar-refractivity contribution >= 4 is 22.4 Å². The number of thiazole rings is 1. The first-order valence-electron chi connectivity index (χ1n) is 13.2. The molecule has 182 valence electrons. The van der Waals surface area contributed by atoms with E-state index >= 15 is 0 Å². The second kappa shape index (κ2) is 9.69. The lowest BCUT2D eigenvalue weighted by atomic mass is 9.81. The Hall–Kier alpha value is -1.80. The lowest BCUT2D eigenvalue weighted by Crippen LogP contribution is -2.49. The van der Waals surface area contributed by atoms with Crippen molar-refractivity contribution in [2.75, 3.05) is 53.4 Å². The zero-order chi connectivity index (χ0) is 23.1. The Kier molecular flexibility index (Phi) is 6.45. The molecule has 0 bridgehead atoms. The molecule has 1 N–H and O–H groups in total. The molecule has 7 heteroatoms. The van der Waals surface area contributed by atoms with Crippen LogP contribution in [-0.4, -0.2) is 89.1 Å². The van der Waals surface area contributed by atoms with Crippen LogP contribution in [0.15, 0.2) is 23.8 Å². The third-order valence-corrected chi connectivity index (χ3v) is 9.65. The number of piperidine rings is 1. The monoisotopic (exact) mass is 478 g/mol. The maximum atomic E-state index is 5.10. The topological polar surface area (TPSA) is 51.3 Å². The normalized spacial score (nSPS) is 26.4. The standard InChI is InChI=1S/C27H38N6S/c1-31-9-7-20(8-10-31)27-30-25(18-34-27)24-17-29-26-23(24)15-21(16-28-26)19-3-5-22(6-4-19)33-13-11-32(2)12-14-33/h15-20,22H,3-14H2,1-2H3,(H,28,29). The van der Waals surface area contributed by atoms with E-state index in [4.69, 9.17) is 9.97 Å². The van der Waals surface area contributed by atoms with E-state index in [-0.39, 0.29) is 0 Å². The van der Waals surface area contributed by atoms with Crippen molar-refractivity contribution in [3.8, 4) is 11.3 Å². The van der Waals surface area contributed by atoms with Gasteiger partial charge in [0.2, 0.25) is 0 Å². The smallest absolute Gasteiger partial charge is 0.137 e. The fourth-order valence-electron chi connectivity index (χ4n) is 6.27. The summed E-state index contributed by atoms with van der Waals surface area (Å²) in [6.07, 6.45) is 11.9. The molecule has 0 unspecified atom stereocenters. The van der Waals surface area contributed by atoms with Gasteiger partial charge in [-0.05, 0) is 83.3 Å². The number of H-pyrrole nitrogens is 1. The maximum Gasteiger partial charge on any atom is 0.137 e. The number of likely N-dealkylation sites (tertiary alicyclic amines) is 1. The second-order valence-corrected chi connectivity index (χ2v) is 11.8. The second-order valence-electron chi connectivity index (χ2n) is 10.9. The van der Waals surface area contributed by atoms with Gasteiger partial charge in [-0.1, -0.05) is 0 Å². The van der Waals surface area contributed by atoms with Gasteiger partial charge < -0.3 is 14.8 Å². The number of hydrogen-bond acceptors (Lipinski definition) is 6. The van der Waals surface area contributed by atoms with E-state index in [0.29, 0.717) is 11.8 Å². The minimum absolute atomic E-state index is 0.615. The molecule has 6 rings (SSSR count). The van der Waals surface area contributed by atoms with Gasteiger partial charge in [-0.15, -0.1) is 11.3 Å². The minimum Gasteiger partial charge on any atom is -0.345 e. The summed E-state index contributed by atoms with van der Waals surface area (Å²) in [5, 5.41) is 4.80. The van der Waals surface area contributed by atoms with Gasteiger partial charge in [0.15, 0.2) is 0 Å². The summed E-state index contributed by atoms with van der Waals surface area (Å²) >= 11 is 1.84. The van der Waals surface area contributed by atoms with Crippen LogP contribution in [0.3, 0.4) is 0 Å². The summed E-state index contributed by atoms with van der Waals surface area (Å²) in [4.78, 5) is 21.0. The number of hydrogen-bond donors (Lipinski definition) is 1. The average molecular weight is 479 g/mol. The summed E-state index contributed by atoms with van der Waals surface area (Å²) in [6.45, 7) is 7.26. The highest BCUT2D eigenvalue weighted by molar-refractivity contribution is 7.10. The fraction of sp³-hybridized carbons (Fsp3) is 0.630. The molecule has 0 radical (unpaired) electrons. The van der Waals surface area contributed by atoms with Gasteiger partial charge in [-0.25, -0.2) is 9.97 Å². The summed E-state index contributed by atoms with van der Waals surface area (Å²) in [5.74, 6) is 1.25. The molecule has 6 nitrogen and oxygen atoms in total. The molecule has 3 aromatic heterocycles. The summed E-state index contributed by atoms with van der Waals surface area (Å²) in [7, 11) is 4.46. The van der Waals surface area contributed by atoms with E-state index in [9.17, 15) is 0 Å². The molecule has 34 heavy (non-hydrogen) atoms. The molecule has 3 aromatic rings. The van der Waals surface area contributed by atoms with Crippen molar-refractivity contribution in [1.82, 2.24) is 29.7 Å². The van der Waals surface area contributed by atoms with E-state index in [1.54, 1.807) is 0 Å². The Balaban J connectivity index is 1.16. The van der Waals surface area contributed by atoms with Crippen LogP contribution in [0.4, 0.5) is 0 Å². The molecular formula is C27H38N6S. The lowest BCUT2D eigenvalue weighted by Gasteiger charge is -2.41. The summed E-state index contributed by atoms with van der Waals surface area (Å²) in [6, 6.07) is 3.18. The van der Waals surface area contributed by atoms with Crippen molar-refractivity contribution in [2.24, 2.45) is 0 Å². The van der Waals surface area contributed by atoms with E-state index in [0.717, 1.165) is 17.4 Å². The third-order valence-electron chi connectivity index (χ3n) is 8.64. The molecule has 2 aliphatic heterocycles. The predicted molar refractivity (Wildman–Crippen MR) is 141 cm³/mol. The number of piperazine rings is 1. The number of rotatable bonds is 4. The van der Waals surface area contributed by atoms with Gasteiger partial charge in [0.05, 0.1) is 10.7 Å². The quantitative estimate of drug-likeness (QED) is 0.585. The molecule has 0 amide bonds. The number of nitrogens with zero attached hydrogens (tertiary/aromatic N) is 5. The first-order chi connectivity index (χ1) is 16.6. The number of aromatic nitrogens is 3. The lowest BCUT2D eigenvalue weighted by molar-refractivity contribution is 0.0878.